The Labute approximate surface area is 142 Å². The SMILES string of the molecule is Cc1ccc(C(C)C)c(OCC(=O)N/N=C/C=C/c2ccco2)c1. The molecule has 1 amide bonds. The van der Waals surface area contributed by atoms with Crippen molar-refractivity contribution in [3.05, 3.63) is 59.6 Å². The van der Waals surface area contributed by atoms with Gasteiger partial charge in [-0.1, -0.05) is 26.0 Å². The second-order valence-corrected chi connectivity index (χ2v) is 5.67. The van der Waals surface area contributed by atoms with Crippen molar-refractivity contribution in [3.8, 4) is 5.75 Å². The molecule has 0 spiro atoms. The monoisotopic (exact) mass is 326 g/mol. The first kappa shape index (κ1) is 17.5. The summed E-state index contributed by atoms with van der Waals surface area (Å²) >= 11 is 0. The minimum absolute atomic E-state index is 0.0809. The molecular weight excluding hydrogens is 304 g/mol. The minimum Gasteiger partial charge on any atom is -0.483 e. The Morgan fingerprint density at radius 3 is 2.92 bits per heavy atom. The lowest BCUT2D eigenvalue weighted by Crippen LogP contribution is -2.24. The molecule has 0 bridgehead atoms. The van der Waals surface area contributed by atoms with Crippen LogP contribution in [0.3, 0.4) is 0 Å². The van der Waals surface area contributed by atoms with Crippen LogP contribution in [-0.2, 0) is 4.79 Å². The molecule has 2 rings (SSSR count). The van der Waals surface area contributed by atoms with Crippen molar-refractivity contribution in [2.45, 2.75) is 26.7 Å². The molecule has 0 radical (unpaired) electrons. The molecule has 1 aromatic carbocycles. The number of ether oxygens (including phenoxy) is 1. The molecule has 2 aromatic rings. The van der Waals surface area contributed by atoms with Crippen LogP contribution in [0.2, 0.25) is 0 Å². The largest absolute Gasteiger partial charge is 0.483 e. The average Bonchev–Trinajstić information content (AvgIpc) is 3.05. The highest BCUT2D eigenvalue weighted by molar-refractivity contribution is 5.81. The number of hydrogen-bond acceptors (Lipinski definition) is 4. The third-order valence-electron chi connectivity index (χ3n) is 3.30. The smallest absolute Gasteiger partial charge is 0.277 e. The molecule has 0 saturated carbocycles. The molecular formula is C19H22N2O3. The van der Waals surface area contributed by atoms with E-state index in [1.54, 1.807) is 24.5 Å². The van der Waals surface area contributed by atoms with Crippen molar-refractivity contribution >= 4 is 18.2 Å². The van der Waals surface area contributed by atoms with Crippen molar-refractivity contribution in [2.24, 2.45) is 5.10 Å². The van der Waals surface area contributed by atoms with Gasteiger partial charge in [-0.25, -0.2) is 5.43 Å². The van der Waals surface area contributed by atoms with Crippen molar-refractivity contribution in [1.29, 1.82) is 0 Å². The van der Waals surface area contributed by atoms with Crippen molar-refractivity contribution < 1.29 is 13.9 Å². The average molecular weight is 326 g/mol. The normalized spacial score (nSPS) is 11.5. The Morgan fingerprint density at radius 2 is 2.21 bits per heavy atom. The van der Waals surface area contributed by atoms with Gasteiger partial charge in [0.1, 0.15) is 11.5 Å². The van der Waals surface area contributed by atoms with Gasteiger partial charge in [-0.3, -0.25) is 4.79 Å². The number of furan rings is 1. The number of amides is 1. The van der Waals surface area contributed by atoms with Gasteiger partial charge in [0.2, 0.25) is 0 Å². The van der Waals surface area contributed by atoms with E-state index in [2.05, 4.69) is 24.4 Å². The zero-order valence-corrected chi connectivity index (χ0v) is 14.2. The summed E-state index contributed by atoms with van der Waals surface area (Å²) in [6.45, 7) is 6.09. The van der Waals surface area contributed by atoms with Crippen molar-refractivity contribution in [1.82, 2.24) is 5.43 Å². The van der Waals surface area contributed by atoms with E-state index in [9.17, 15) is 4.79 Å². The van der Waals surface area contributed by atoms with Gasteiger partial charge in [0.15, 0.2) is 6.61 Å². The Morgan fingerprint density at radius 1 is 1.38 bits per heavy atom. The van der Waals surface area contributed by atoms with Crippen molar-refractivity contribution in [2.75, 3.05) is 6.61 Å². The first-order valence-corrected chi connectivity index (χ1v) is 7.81. The summed E-state index contributed by atoms with van der Waals surface area (Å²) < 4.78 is 10.8. The molecule has 5 nitrogen and oxygen atoms in total. The quantitative estimate of drug-likeness (QED) is 0.620. The highest BCUT2D eigenvalue weighted by Crippen LogP contribution is 2.27. The number of benzene rings is 1. The molecule has 0 aliphatic heterocycles. The topological polar surface area (TPSA) is 63.8 Å². The third kappa shape index (κ3) is 5.43. The molecule has 1 aromatic heterocycles. The second kappa shape index (κ2) is 8.72. The van der Waals surface area contributed by atoms with Crippen LogP contribution in [0.15, 0.2) is 52.2 Å². The Hall–Kier alpha value is -2.82. The molecule has 0 fully saturated rings. The lowest BCUT2D eigenvalue weighted by Gasteiger charge is -2.14. The highest BCUT2D eigenvalue weighted by Gasteiger charge is 2.09. The van der Waals surface area contributed by atoms with Crippen LogP contribution in [0.5, 0.6) is 5.75 Å². The van der Waals surface area contributed by atoms with Gasteiger partial charge < -0.3 is 9.15 Å². The van der Waals surface area contributed by atoms with Gasteiger partial charge in [-0.05, 0) is 54.3 Å². The van der Waals surface area contributed by atoms with Gasteiger partial charge in [-0.2, -0.15) is 5.10 Å². The summed E-state index contributed by atoms with van der Waals surface area (Å²) in [5.74, 6) is 1.47. The van der Waals surface area contributed by atoms with E-state index in [1.165, 1.54) is 6.21 Å². The molecule has 0 aliphatic carbocycles. The third-order valence-corrected chi connectivity index (χ3v) is 3.30. The van der Waals surface area contributed by atoms with Gasteiger partial charge >= 0.3 is 0 Å². The fourth-order valence-electron chi connectivity index (χ4n) is 2.10. The van der Waals surface area contributed by atoms with Gasteiger partial charge in [0, 0.05) is 6.21 Å². The minimum atomic E-state index is -0.311. The first-order chi connectivity index (χ1) is 11.6. The van der Waals surface area contributed by atoms with Crippen LogP contribution in [0.1, 0.15) is 36.7 Å². The van der Waals surface area contributed by atoms with Gasteiger partial charge in [-0.15, -0.1) is 0 Å². The van der Waals surface area contributed by atoms with Crippen molar-refractivity contribution in [3.63, 3.8) is 0 Å². The Bertz CT molecular complexity index is 716. The van der Waals surface area contributed by atoms with E-state index in [0.717, 1.165) is 22.6 Å². The lowest BCUT2D eigenvalue weighted by atomic mass is 10.0. The predicted molar refractivity (Wildman–Crippen MR) is 95.1 cm³/mol. The number of carbonyl (C=O) groups is 1. The maximum atomic E-state index is 11.8. The summed E-state index contributed by atoms with van der Waals surface area (Å²) in [6, 6.07) is 9.64. The fourth-order valence-corrected chi connectivity index (χ4v) is 2.10. The first-order valence-electron chi connectivity index (χ1n) is 7.81. The number of allylic oxidation sites excluding steroid dienone is 1. The number of hydrogen-bond donors (Lipinski definition) is 1. The van der Waals surface area contributed by atoms with Crippen LogP contribution in [0, 0.1) is 6.92 Å². The van der Waals surface area contributed by atoms with E-state index in [0.29, 0.717) is 5.92 Å². The Balaban J connectivity index is 1.82. The highest BCUT2D eigenvalue weighted by atomic mass is 16.5. The van der Waals surface area contributed by atoms with E-state index in [4.69, 9.17) is 9.15 Å². The number of hydrazone groups is 1. The summed E-state index contributed by atoms with van der Waals surface area (Å²) in [5, 5.41) is 3.83. The number of nitrogens with zero attached hydrogens (tertiary/aromatic N) is 1. The zero-order chi connectivity index (χ0) is 17.4. The molecule has 5 heteroatoms. The molecule has 1 N–H and O–H groups in total. The molecule has 1 heterocycles. The number of carbonyl (C=O) groups excluding carboxylic acids is 1. The van der Waals surface area contributed by atoms with Gasteiger partial charge in [0.05, 0.1) is 6.26 Å². The van der Waals surface area contributed by atoms with E-state index < -0.39 is 0 Å². The summed E-state index contributed by atoms with van der Waals surface area (Å²) in [7, 11) is 0. The lowest BCUT2D eigenvalue weighted by molar-refractivity contribution is -0.123. The van der Waals surface area contributed by atoms with Crippen LogP contribution in [0.4, 0.5) is 0 Å². The predicted octanol–water partition coefficient (Wildman–Crippen LogP) is 3.91. The zero-order valence-electron chi connectivity index (χ0n) is 14.2. The summed E-state index contributed by atoms with van der Waals surface area (Å²) in [5.41, 5.74) is 4.60. The van der Waals surface area contributed by atoms with E-state index in [-0.39, 0.29) is 12.5 Å². The second-order valence-electron chi connectivity index (χ2n) is 5.67. The molecule has 0 saturated heterocycles. The van der Waals surface area contributed by atoms with Crippen LogP contribution < -0.4 is 10.2 Å². The van der Waals surface area contributed by atoms with Crippen LogP contribution in [-0.4, -0.2) is 18.7 Å². The maximum absolute atomic E-state index is 11.8. The number of rotatable bonds is 7. The van der Waals surface area contributed by atoms with E-state index >= 15 is 0 Å². The van der Waals surface area contributed by atoms with Gasteiger partial charge in [0.25, 0.3) is 5.91 Å². The maximum Gasteiger partial charge on any atom is 0.277 e. The van der Waals surface area contributed by atoms with Crippen LogP contribution >= 0.6 is 0 Å². The standard InChI is InChI=1S/C19H22N2O3/c1-14(2)17-9-8-15(3)12-18(17)24-13-19(22)21-20-10-4-6-16-7-5-11-23-16/h4-12,14H,13H2,1-3H3,(H,21,22)/b6-4+,20-10+. The summed E-state index contributed by atoms with van der Waals surface area (Å²) in [6.07, 6.45) is 6.49. The molecule has 0 atom stereocenters. The summed E-state index contributed by atoms with van der Waals surface area (Å²) in [4.78, 5) is 11.8. The molecule has 0 unspecified atom stereocenters. The van der Waals surface area contributed by atoms with Crippen LogP contribution in [0.25, 0.3) is 6.08 Å². The molecule has 126 valence electrons. The Kier molecular flexibility index (Phi) is 6.37. The fraction of sp³-hybridized carbons (Fsp3) is 0.263. The van der Waals surface area contributed by atoms with E-state index in [1.807, 2.05) is 31.2 Å². The number of nitrogens with one attached hydrogen (secondary N) is 1. The molecule has 0 aliphatic rings. The molecule has 24 heavy (non-hydrogen) atoms. The number of aryl methyl sites for hydroxylation is 1.